The highest BCUT2D eigenvalue weighted by atomic mass is 16.7. The lowest BCUT2D eigenvalue weighted by Crippen LogP contribution is -2.74. The molecule has 16 heteroatoms. The minimum Gasteiger partial charge on any atom is -0.477 e. The van der Waals surface area contributed by atoms with Crippen molar-refractivity contribution < 1.29 is 71.8 Å². The van der Waals surface area contributed by atoms with Crippen molar-refractivity contribution in [2.75, 3.05) is 13.6 Å². The quantitative estimate of drug-likeness (QED) is 0.201. The van der Waals surface area contributed by atoms with Crippen LogP contribution in [0.25, 0.3) is 0 Å². The Kier molecular flexibility index (Phi) is 11.4. The fourth-order valence-corrected chi connectivity index (χ4v) is 7.88. The number of nitrogens with zero attached hydrogens (tertiary/aromatic N) is 1. The second kappa shape index (κ2) is 15.0. The molecule has 5 rings (SSSR count). The van der Waals surface area contributed by atoms with E-state index in [0.717, 1.165) is 12.5 Å². The van der Waals surface area contributed by atoms with E-state index in [1.807, 2.05) is 13.1 Å². The fraction of sp³-hybridized carbons (Fsp3) is 0.650. The molecule has 0 aromatic heterocycles. The zero-order valence-electron chi connectivity index (χ0n) is 33.9. The van der Waals surface area contributed by atoms with Gasteiger partial charge in [-0.1, -0.05) is 6.07 Å². The Bertz CT molecular complexity index is 1810. The molecule has 6 atom stereocenters. The lowest BCUT2D eigenvalue weighted by Gasteiger charge is -2.61. The van der Waals surface area contributed by atoms with Crippen molar-refractivity contribution in [1.82, 2.24) is 4.90 Å². The van der Waals surface area contributed by atoms with Gasteiger partial charge in [0.15, 0.2) is 17.6 Å². The molecule has 2 aliphatic carbocycles. The van der Waals surface area contributed by atoms with Crippen molar-refractivity contribution in [3.63, 3.8) is 0 Å². The van der Waals surface area contributed by atoms with Gasteiger partial charge in [-0.05, 0) is 106 Å². The zero-order valence-corrected chi connectivity index (χ0v) is 33.9. The maximum absolute atomic E-state index is 14.1. The zero-order chi connectivity index (χ0) is 41.8. The molecule has 2 aliphatic heterocycles. The van der Waals surface area contributed by atoms with Crippen molar-refractivity contribution in [1.29, 1.82) is 0 Å². The Morgan fingerprint density at radius 1 is 0.839 bits per heavy atom. The lowest BCUT2D eigenvalue weighted by atomic mass is 9.50. The summed E-state index contributed by atoms with van der Waals surface area (Å²) in [5.74, 6) is -5.05. The molecule has 1 N–H and O–H groups in total. The molecule has 2 heterocycles. The molecule has 1 saturated heterocycles. The summed E-state index contributed by atoms with van der Waals surface area (Å²) in [6.07, 6.45) is -5.04. The molecule has 308 valence electrons. The van der Waals surface area contributed by atoms with Crippen LogP contribution >= 0.6 is 0 Å². The number of aliphatic hydroxyl groups is 1. The molecule has 4 aliphatic rings. The number of piperidine rings is 1. The minimum absolute atomic E-state index is 0.0292. The number of likely N-dealkylation sites (N-methyl/N-ethyl adjacent to an activating group) is 1. The predicted molar refractivity (Wildman–Crippen MR) is 194 cm³/mol. The predicted octanol–water partition coefficient (Wildman–Crippen LogP) is 4.13. The van der Waals surface area contributed by atoms with E-state index in [1.165, 1.54) is 6.08 Å². The van der Waals surface area contributed by atoms with Crippen LogP contribution < -0.4 is 9.47 Å². The van der Waals surface area contributed by atoms with Crippen LogP contribution in [0.2, 0.25) is 0 Å². The normalized spacial score (nSPS) is 24.9. The van der Waals surface area contributed by atoms with E-state index in [-0.39, 0.29) is 29.7 Å². The second-order valence-corrected chi connectivity index (χ2v) is 17.7. The molecule has 0 radical (unpaired) electrons. The maximum atomic E-state index is 14.1. The van der Waals surface area contributed by atoms with Crippen molar-refractivity contribution in [3.05, 3.63) is 35.1 Å². The van der Waals surface area contributed by atoms with Crippen LogP contribution in [-0.4, -0.2) is 106 Å². The van der Waals surface area contributed by atoms with E-state index in [9.17, 15) is 33.9 Å². The van der Waals surface area contributed by atoms with Gasteiger partial charge in [0.05, 0.1) is 23.9 Å². The van der Waals surface area contributed by atoms with Crippen LogP contribution in [0.5, 0.6) is 11.5 Å². The average Bonchev–Trinajstić information content (AvgIpc) is 3.37. The van der Waals surface area contributed by atoms with E-state index >= 15 is 0 Å². The molecule has 1 aromatic carbocycles. The highest BCUT2D eigenvalue weighted by Gasteiger charge is 2.72. The van der Waals surface area contributed by atoms with Gasteiger partial charge in [0, 0.05) is 24.9 Å². The third-order valence-corrected chi connectivity index (χ3v) is 9.78. The third kappa shape index (κ3) is 8.80. The SMILES string of the molecule is CC(=O)OC(CC(=O)OC(C)(C)C)C(=O)OC(CC(=O)OC(C)(C)C)C(=O)OC1=CC[C@@]2(O)[C@H]3Cc4ccc(OC(=O)OC(C)(C)C)c5c4[C@@]2(CCN3C)[C@H]1O5. The summed E-state index contributed by atoms with van der Waals surface area (Å²) >= 11 is 0. The summed E-state index contributed by atoms with van der Waals surface area (Å²) in [5, 5.41) is 12.6. The van der Waals surface area contributed by atoms with Crippen molar-refractivity contribution in [2.24, 2.45) is 0 Å². The maximum Gasteiger partial charge on any atom is 0.514 e. The smallest absolute Gasteiger partial charge is 0.477 e. The number of likely N-dealkylation sites (tertiary alicyclic amines) is 1. The van der Waals surface area contributed by atoms with E-state index < -0.39 is 95.0 Å². The number of carbonyl (C=O) groups is 6. The highest BCUT2D eigenvalue weighted by Crippen LogP contribution is 2.65. The summed E-state index contributed by atoms with van der Waals surface area (Å²) < 4.78 is 44.8. The van der Waals surface area contributed by atoms with Crippen LogP contribution in [0.4, 0.5) is 4.79 Å². The van der Waals surface area contributed by atoms with Gasteiger partial charge in [0.25, 0.3) is 0 Å². The van der Waals surface area contributed by atoms with Crippen LogP contribution in [0, 0.1) is 0 Å². The monoisotopic (exact) mass is 787 g/mol. The third-order valence-electron chi connectivity index (χ3n) is 9.78. The van der Waals surface area contributed by atoms with Crippen LogP contribution in [0.3, 0.4) is 0 Å². The summed E-state index contributed by atoms with van der Waals surface area (Å²) in [7, 11) is 1.92. The number of hydrogen-bond acceptors (Lipinski definition) is 16. The molecule has 1 fully saturated rings. The molecule has 0 saturated carbocycles. The highest BCUT2D eigenvalue weighted by molar-refractivity contribution is 5.89. The van der Waals surface area contributed by atoms with Crippen molar-refractivity contribution >= 4 is 36.0 Å². The molecule has 2 unspecified atom stereocenters. The number of carbonyl (C=O) groups excluding carboxylic acids is 6. The molecule has 16 nitrogen and oxygen atoms in total. The van der Waals surface area contributed by atoms with Gasteiger partial charge in [-0.15, -0.1) is 0 Å². The van der Waals surface area contributed by atoms with Crippen LogP contribution in [0.1, 0.15) is 106 Å². The number of esters is 5. The van der Waals surface area contributed by atoms with Gasteiger partial charge < -0.3 is 47.9 Å². The van der Waals surface area contributed by atoms with E-state index in [0.29, 0.717) is 24.9 Å². The van der Waals surface area contributed by atoms with Crippen molar-refractivity contribution in [2.45, 2.75) is 154 Å². The first-order chi connectivity index (χ1) is 25.7. The van der Waals surface area contributed by atoms with E-state index in [4.69, 9.17) is 37.9 Å². The number of benzene rings is 1. The van der Waals surface area contributed by atoms with E-state index in [2.05, 4.69) is 4.90 Å². The van der Waals surface area contributed by atoms with Gasteiger partial charge >= 0.3 is 36.0 Å². The topological polar surface area (TPSA) is 200 Å². The molecule has 1 spiro atoms. The van der Waals surface area contributed by atoms with Crippen LogP contribution in [0.15, 0.2) is 24.0 Å². The molecule has 2 bridgehead atoms. The Hall–Kier alpha value is -4.70. The summed E-state index contributed by atoms with van der Waals surface area (Å²) in [6, 6.07) is 3.06. The first-order valence-electron chi connectivity index (χ1n) is 18.6. The Morgan fingerprint density at radius 2 is 1.41 bits per heavy atom. The first-order valence-corrected chi connectivity index (χ1v) is 18.6. The van der Waals surface area contributed by atoms with Gasteiger partial charge in [0.1, 0.15) is 22.6 Å². The molecular weight excluding hydrogens is 734 g/mol. The largest absolute Gasteiger partial charge is 0.514 e. The fourth-order valence-electron chi connectivity index (χ4n) is 7.88. The Labute approximate surface area is 326 Å². The molecular formula is C40H53NO15. The average molecular weight is 788 g/mol. The first kappa shape index (κ1) is 42.4. The van der Waals surface area contributed by atoms with Crippen LogP contribution in [-0.2, 0) is 64.2 Å². The Morgan fingerprint density at radius 3 is 1.96 bits per heavy atom. The lowest BCUT2D eigenvalue weighted by molar-refractivity contribution is -0.186. The second-order valence-electron chi connectivity index (χ2n) is 17.7. The van der Waals surface area contributed by atoms with Gasteiger partial charge in [-0.25, -0.2) is 14.4 Å². The summed E-state index contributed by atoms with van der Waals surface area (Å²) in [4.78, 5) is 80.2. The molecule has 0 amide bonds. The summed E-state index contributed by atoms with van der Waals surface area (Å²) in [6.45, 7) is 16.3. The standard InChI is InChI=1S/C40H53NO15/c1-21(42)49-25(19-28(43)54-36(2,3)4)33(45)51-26(20-29(44)55-37(5,6)7)34(46)50-24-14-15-40(48)27-18-22-12-13-23(52-35(47)56-38(8,9)10)31-30(22)39(40,32(24)53-31)16-17-41(27)11/h12-14,25-27,32,48H,15-20H2,1-11H3/t25?,26?,27-,32+,39+,40-/m1/s1. The van der Waals surface area contributed by atoms with Crippen molar-refractivity contribution in [3.8, 4) is 11.5 Å². The van der Waals surface area contributed by atoms with Gasteiger partial charge in [0.2, 0.25) is 12.2 Å². The summed E-state index contributed by atoms with van der Waals surface area (Å²) in [5.41, 5.74) is -3.86. The molecule has 56 heavy (non-hydrogen) atoms. The number of hydrogen-bond donors (Lipinski definition) is 1. The Balaban J connectivity index is 1.48. The molecule has 1 aromatic rings. The van der Waals surface area contributed by atoms with Gasteiger partial charge in [-0.2, -0.15) is 0 Å². The van der Waals surface area contributed by atoms with Gasteiger partial charge in [-0.3, -0.25) is 14.4 Å². The number of ether oxygens (including phenoxy) is 8. The number of rotatable bonds is 10. The minimum atomic E-state index is -1.95. The van der Waals surface area contributed by atoms with E-state index in [1.54, 1.807) is 68.4 Å².